The molecule has 3 rings (SSSR count). The van der Waals surface area contributed by atoms with Gasteiger partial charge in [-0.05, 0) is 19.3 Å². The zero-order chi connectivity index (χ0) is 19.8. The number of carbonyl (C=O) groups excluding carboxylic acids is 2. The van der Waals surface area contributed by atoms with Crippen LogP contribution < -0.4 is 5.32 Å². The molecule has 28 heavy (non-hydrogen) atoms. The van der Waals surface area contributed by atoms with Crippen molar-refractivity contribution in [3.8, 4) is 0 Å². The van der Waals surface area contributed by atoms with E-state index in [2.05, 4.69) is 5.32 Å². The van der Waals surface area contributed by atoms with Gasteiger partial charge in [-0.15, -0.1) is 0 Å². The minimum absolute atomic E-state index is 0.0285. The standard InChI is InChI=1S/C19H33N3O6/c1-25-11-5-20-18(24)22-6-3-19(4-7-22)14-16(2-10-28-19)27-15-17(23)21-8-12-26-13-9-21/h16H,2-15H2,1H3,(H,20,24). The van der Waals surface area contributed by atoms with Crippen molar-refractivity contribution in [2.24, 2.45) is 0 Å². The summed E-state index contributed by atoms with van der Waals surface area (Å²) in [5, 5.41) is 2.86. The van der Waals surface area contributed by atoms with Crippen molar-refractivity contribution >= 4 is 11.9 Å². The number of nitrogens with one attached hydrogen (secondary N) is 1. The second kappa shape index (κ2) is 10.4. The molecule has 0 bridgehead atoms. The third-order valence-electron chi connectivity index (χ3n) is 5.80. The van der Waals surface area contributed by atoms with Gasteiger partial charge < -0.3 is 34.1 Å². The highest BCUT2D eigenvalue weighted by atomic mass is 16.5. The molecule has 3 saturated heterocycles. The molecule has 3 heterocycles. The highest BCUT2D eigenvalue weighted by molar-refractivity contribution is 5.77. The van der Waals surface area contributed by atoms with Crippen molar-refractivity contribution in [2.75, 3.05) is 72.9 Å². The van der Waals surface area contributed by atoms with Gasteiger partial charge >= 0.3 is 6.03 Å². The number of rotatable bonds is 6. The van der Waals surface area contributed by atoms with Gasteiger partial charge in [-0.25, -0.2) is 4.79 Å². The Labute approximate surface area is 166 Å². The number of nitrogens with zero attached hydrogens (tertiary/aromatic N) is 2. The lowest BCUT2D eigenvalue weighted by atomic mass is 9.83. The lowest BCUT2D eigenvalue weighted by Crippen LogP contribution is -2.54. The van der Waals surface area contributed by atoms with Crippen LogP contribution in [0.4, 0.5) is 4.79 Å². The second-order valence-corrected chi connectivity index (χ2v) is 7.66. The first-order valence-corrected chi connectivity index (χ1v) is 10.2. The number of carbonyl (C=O) groups is 2. The van der Waals surface area contributed by atoms with Crippen LogP contribution in [0.25, 0.3) is 0 Å². The normalized spacial score (nSPS) is 25.0. The summed E-state index contributed by atoms with van der Waals surface area (Å²) >= 11 is 0. The lowest BCUT2D eigenvalue weighted by molar-refractivity contribution is -0.163. The van der Waals surface area contributed by atoms with Crippen molar-refractivity contribution in [2.45, 2.75) is 37.4 Å². The number of hydrogen-bond donors (Lipinski definition) is 1. The first kappa shape index (κ1) is 21.3. The number of amides is 3. The van der Waals surface area contributed by atoms with Crippen LogP contribution in [0.3, 0.4) is 0 Å². The Morgan fingerprint density at radius 2 is 1.86 bits per heavy atom. The Balaban J connectivity index is 1.40. The van der Waals surface area contributed by atoms with E-state index in [1.807, 2.05) is 4.90 Å². The van der Waals surface area contributed by atoms with Crippen molar-refractivity contribution < 1.29 is 28.5 Å². The molecule has 1 atom stereocenters. The summed E-state index contributed by atoms with van der Waals surface area (Å²) in [6, 6.07) is -0.0494. The summed E-state index contributed by atoms with van der Waals surface area (Å²) in [6.45, 7) is 5.59. The molecule has 1 unspecified atom stereocenters. The number of likely N-dealkylation sites (tertiary alicyclic amines) is 1. The summed E-state index contributed by atoms with van der Waals surface area (Å²) < 4.78 is 22.3. The van der Waals surface area contributed by atoms with Gasteiger partial charge in [0.2, 0.25) is 5.91 Å². The Hall–Kier alpha value is -1.42. The summed E-state index contributed by atoms with van der Waals surface area (Å²) in [7, 11) is 1.62. The molecule has 0 aromatic carbocycles. The maximum atomic E-state index is 12.3. The van der Waals surface area contributed by atoms with E-state index in [9.17, 15) is 9.59 Å². The van der Waals surface area contributed by atoms with Gasteiger partial charge in [0, 0.05) is 52.9 Å². The first-order valence-electron chi connectivity index (χ1n) is 10.2. The van der Waals surface area contributed by atoms with Crippen LogP contribution in [0.5, 0.6) is 0 Å². The fourth-order valence-electron chi connectivity index (χ4n) is 4.06. The van der Waals surface area contributed by atoms with E-state index in [1.165, 1.54) is 0 Å². The largest absolute Gasteiger partial charge is 0.383 e. The second-order valence-electron chi connectivity index (χ2n) is 7.66. The molecular formula is C19H33N3O6. The molecule has 0 aliphatic carbocycles. The van der Waals surface area contributed by atoms with Crippen LogP contribution in [0.1, 0.15) is 25.7 Å². The third-order valence-corrected chi connectivity index (χ3v) is 5.80. The van der Waals surface area contributed by atoms with E-state index in [0.29, 0.717) is 59.2 Å². The van der Waals surface area contributed by atoms with E-state index in [-0.39, 0.29) is 30.3 Å². The molecular weight excluding hydrogens is 366 g/mol. The number of piperidine rings is 1. The number of urea groups is 1. The molecule has 0 aromatic rings. The van der Waals surface area contributed by atoms with Gasteiger partial charge in [-0.3, -0.25) is 4.79 Å². The van der Waals surface area contributed by atoms with Crippen molar-refractivity contribution in [3.63, 3.8) is 0 Å². The average Bonchev–Trinajstić information content (AvgIpc) is 2.73. The summed E-state index contributed by atoms with van der Waals surface area (Å²) in [6.07, 6.45) is 3.20. The quantitative estimate of drug-likeness (QED) is 0.644. The Kier molecular flexibility index (Phi) is 7.90. The van der Waals surface area contributed by atoms with Crippen molar-refractivity contribution in [1.82, 2.24) is 15.1 Å². The Bertz CT molecular complexity index is 518. The maximum Gasteiger partial charge on any atom is 0.317 e. The van der Waals surface area contributed by atoms with Gasteiger partial charge in [0.05, 0.1) is 31.5 Å². The minimum Gasteiger partial charge on any atom is -0.383 e. The highest BCUT2D eigenvalue weighted by Crippen LogP contribution is 2.36. The molecule has 0 saturated carbocycles. The van der Waals surface area contributed by atoms with Crippen LogP contribution in [0.15, 0.2) is 0 Å². The summed E-state index contributed by atoms with van der Waals surface area (Å²) in [4.78, 5) is 28.1. The molecule has 9 nitrogen and oxygen atoms in total. The van der Waals surface area contributed by atoms with E-state index in [1.54, 1.807) is 12.0 Å². The van der Waals surface area contributed by atoms with E-state index < -0.39 is 0 Å². The van der Waals surface area contributed by atoms with Gasteiger partial charge in [0.1, 0.15) is 6.61 Å². The highest BCUT2D eigenvalue weighted by Gasteiger charge is 2.41. The number of ether oxygens (including phenoxy) is 4. The van der Waals surface area contributed by atoms with Crippen LogP contribution in [0, 0.1) is 0 Å². The fraction of sp³-hybridized carbons (Fsp3) is 0.895. The zero-order valence-corrected chi connectivity index (χ0v) is 16.8. The molecule has 0 radical (unpaired) electrons. The molecule has 3 aliphatic rings. The lowest BCUT2D eigenvalue weighted by Gasteiger charge is -2.46. The third kappa shape index (κ3) is 5.79. The Morgan fingerprint density at radius 3 is 2.57 bits per heavy atom. The molecule has 160 valence electrons. The molecule has 0 aromatic heterocycles. The summed E-state index contributed by atoms with van der Waals surface area (Å²) in [5.74, 6) is 0.0337. The van der Waals surface area contributed by atoms with Crippen LogP contribution in [0.2, 0.25) is 0 Å². The van der Waals surface area contributed by atoms with E-state index in [4.69, 9.17) is 18.9 Å². The molecule has 9 heteroatoms. The number of hydrogen-bond acceptors (Lipinski definition) is 6. The van der Waals surface area contributed by atoms with Gasteiger partial charge in [-0.2, -0.15) is 0 Å². The van der Waals surface area contributed by atoms with Crippen molar-refractivity contribution in [3.05, 3.63) is 0 Å². The summed E-state index contributed by atoms with van der Waals surface area (Å²) in [5.41, 5.74) is -0.242. The van der Waals surface area contributed by atoms with E-state index in [0.717, 1.165) is 25.7 Å². The first-order chi connectivity index (χ1) is 13.6. The SMILES string of the molecule is COCCNC(=O)N1CCC2(CC1)CC(OCC(=O)N1CCOCC1)CCO2. The average molecular weight is 399 g/mol. The number of morpholine rings is 1. The van der Waals surface area contributed by atoms with Gasteiger partial charge in [0.25, 0.3) is 0 Å². The van der Waals surface area contributed by atoms with Crippen LogP contribution in [-0.2, 0) is 23.7 Å². The minimum atomic E-state index is -0.242. The molecule has 3 aliphatic heterocycles. The Morgan fingerprint density at radius 1 is 1.11 bits per heavy atom. The molecule has 3 amide bonds. The zero-order valence-electron chi connectivity index (χ0n) is 16.8. The smallest absolute Gasteiger partial charge is 0.317 e. The molecule has 3 fully saturated rings. The number of methoxy groups -OCH3 is 1. The van der Waals surface area contributed by atoms with Gasteiger partial charge in [-0.1, -0.05) is 0 Å². The fourth-order valence-corrected chi connectivity index (χ4v) is 4.06. The topological polar surface area (TPSA) is 89.6 Å². The van der Waals surface area contributed by atoms with Crippen LogP contribution >= 0.6 is 0 Å². The van der Waals surface area contributed by atoms with Crippen molar-refractivity contribution in [1.29, 1.82) is 0 Å². The van der Waals surface area contributed by atoms with E-state index >= 15 is 0 Å². The molecule has 1 N–H and O–H groups in total. The monoisotopic (exact) mass is 399 g/mol. The predicted octanol–water partition coefficient (Wildman–Crippen LogP) is 0.231. The van der Waals surface area contributed by atoms with Crippen LogP contribution in [-0.4, -0.2) is 106 Å². The van der Waals surface area contributed by atoms with Gasteiger partial charge in [0.15, 0.2) is 0 Å². The molecule has 1 spiro atoms. The predicted molar refractivity (Wildman–Crippen MR) is 101 cm³/mol. The maximum absolute atomic E-state index is 12.3.